The van der Waals surface area contributed by atoms with Gasteiger partial charge in [-0.1, -0.05) is 18.7 Å². The monoisotopic (exact) mass is 394 g/mol. The third kappa shape index (κ3) is 4.45. The van der Waals surface area contributed by atoms with Crippen molar-refractivity contribution in [3.05, 3.63) is 16.5 Å². The minimum atomic E-state index is -0.525. The molecule has 2 aromatic rings. The van der Waals surface area contributed by atoms with Crippen LogP contribution in [-0.4, -0.2) is 33.9 Å². The van der Waals surface area contributed by atoms with Crippen molar-refractivity contribution in [3.8, 4) is 10.8 Å². The van der Waals surface area contributed by atoms with Crippen LogP contribution in [0.2, 0.25) is 0 Å². The van der Waals surface area contributed by atoms with Crippen LogP contribution in [0.4, 0.5) is 4.79 Å². The Balaban J connectivity index is 1.63. The first-order chi connectivity index (χ1) is 12.5. The fraction of sp³-hybridized carbons (Fsp3) is 0.529. The molecule has 0 saturated carbocycles. The molecule has 0 bridgehead atoms. The van der Waals surface area contributed by atoms with Crippen molar-refractivity contribution in [2.45, 2.75) is 50.5 Å². The van der Waals surface area contributed by atoms with Crippen molar-refractivity contribution in [1.82, 2.24) is 20.8 Å². The van der Waals surface area contributed by atoms with Crippen molar-refractivity contribution in [2.75, 3.05) is 6.54 Å². The standard InChI is InChI=1S/C17H22N4O3S2/c1-4-18-16(23)19-14(22)10(3)25-17-21-20-15(24-17)13-8-11-7-9(2)5-6-12(11)26-13/h8-10H,4-7H2,1-3H3,(H2,18,19,22,23)/t9-,10+/m0/s1. The first-order valence-electron chi connectivity index (χ1n) is 8.67. The second-order valence-electron chi connectivity index (χ2n) is 6.39. The van der Waals surface area contributed by atoms with Crippen molar-refractivity contribution in [2.24, 2.45) is 5.92 Å². The highest BCUT2D eigenvalue weighted by molar-refractivity contribution is 8.00. The number of imide groups is 1. The Morgan fingerprint density at radius 1 is 1.46 bits per heavy atom. The number of fused-ring (bicyclic) bond motifs is 1. The van der Waals surface area contributed by atoms with Gasteiger partial charge in [-0.15, -0.1) is 21.5 Å². The Labute approximate surface area is 160 Å². The number of carbonyl (C=O) groups is 2. The molecule has 0 aliphatic heterocycles. The topological polar surface area (TPSA) is 97.1 Å². The van der Waals surface area contributed by atoms with E-state index in [1.807, 2.05) is 0 Å². The fourth-order valence-corrected chi connectivity index (χ4v) is 4.60. The number of rotatable bonds is 5. The lowest BCUT2D eigenvalue weighted by atomic mass is 9.90. The molecule has 0 unspecified atom stereocenters. The number of nitrogens with one attached hydrogen (secondary N) is 2. The molecule has 2 aromatic heterocycles. The van der Waals surface area contributed by atoms with Crippen molar-refractivity contribution in [3.63, 3.8) is 0 Å². The molecule has 140 valence electrons. The van der Waals surface area contributed by atoms with Gasteiger partial charge in [0.15, 0.2) is 0 Å². The van der Waals surface area contributed by atoms with Gasteiger partial charge in [0.1, 0.15) is 0 Å². The van der Waals surface area contributed by atoms with Crippen molar-refractivity contribution in [1.29, 1.82) is 0 Å². The maximum absolute atomic E-state index is 12.0. The number of nitrogens with zero attached hydrogens (tertiary/aromatic N) is 2. The minimum absolute atomic E-state index is 0.318. The van der Waals surface area contributed by atoms with Gasteiger partial charge in [-0.3, -0.25) is 10.1 Å². The summed E-state index contributed by atoms with van der Waals surface area (Å²) in [4.78, 5) is 25.8. The number of carbonyl (C=O) groups excluding carboxylic acids is 2. The van der Waals surface area contributed by atoms with E-state index >= 15 is 0 Å². The van der Waals surface area contributed by atoms with Gasteiger partial charge in [0.05, 0.1) is 10.1 Å². The molecule has 1 aliphatic carbocycles. The first kappa shape index (κ1) is 18.9. The Morgan fingerprint density at radius 2 is 2.27 bits per heavy atom. The van der Waals surface area contributed by atoms with Crippen LogP contribution in [-0.2, 0) is 17.6 Å². The van der Waals surface area contributed by atoms with Crippen molar-refractivity contribution >= 4 is 35.0 Å². The van der Waals surface area contributed by atoms with Gasteiger partial charge in [-0.05, 0) is 50.7 Å². The zero-order valence-corrected chi connectivity index (χ0v) is 16.6. The molecule has 2 N–H and O–H groups in total. The summed E-state index contributed by atoms with van der Waals surface area (Å²) in [5.74, 6) is 0.792. The van der Waals surface area contributed by atoms with Gasteiger partial charge in [0, 0.05) is 11.4 Å². The second kappa shape index (κ2) is 8.22. The summed E-state index contributed by atoms with van der Waals surface area (Å²) in [6, 6.07) is 1.64. The number of hydrogen-bond acceptors (Lipinski definition) is 7. The summed E-state index contributed by atoms with van der Waals surface area (Å²) < 4.78 is 5.72. The lowest BCUT2D eigenvalue weighted by Crippen LogP contribution is -2.42. The summed E-state index contributed by atoms with van der Waals surface area (Å²) in [6.07, 6.45) is 3.42. The predicted octanol–water partition coefficient (Wildman–Crippen LogP) is 3.25. The van der Waals surface area contributed by atoms with E-state index in [0.717, 1.165) is 29.5 Å². The quantitative estimate of drug-likeness (QED) is 0.756. The number of aryl methyl sites for hydroxylation is 1. The maximum atomic E-state index is 12.0. The number of aromatic nitrogens is 2. The number of thioether (sulfide) groups is 1. The van der Waals surface area contributed by atoms with Crippen LogP contribution in [0, 0.1) is 5.92 Å². The molecule has 0 radical (unpaired) electrons. The van der Waals surface area contributed by atoms with Gasteiger partial charge in [-0.25, -0.2) is 4.79 Å². The molecule has 26 heavy (non-hydrogen) atoms. The van der Waals surface area contributed by atoms with E-state index in [9.17, 15) is 9.59 Å². The smallest absolute Gasteiger partial charge is 0.321 e. The van der Waals surface area contributed by atoms with E-state index in [1.165, 1.54) is 16.9 Å². The highest BCUT2D eigenvalue weighted by atomic mass is 32.2. The van der Waals surface area contributed by atoms with Gasteiger partial charge in [-0.2, -0.15) is 0 Å². The highest BCUT2D eigenvalue weighted by Crippen LogP contribution is 2.37. The average Bonchev–Trinajstić information content (AvgIpc) is 3.20. The summed E-state index contributed by atoms with van der Waals surface area (Å²) in [5, 5.41) is 12.7. The molecule has 3 rings (SSSR count). The van der Waals surface area contributed by atoms with Crippen LogP contribution in [0.5, 0.6) is 0 Å². The number of urea groups is 1. The number of hydrogen-bond donors (Lipinski definition) is 2. The van der Waals surface area contributed by atoms with Crippen LogP contribution in [0.1, 0.15) is 37.6 Å². The molecule has 1 aliphatic rings. The van der Waals surface area contributed by atoms with Crippen LogP contribution < -0.4 is 10.6 Å². The molecule has 0 fully saturated rings. The van der Waals surface area contributed by atoms with E-state index in [4.69, 9.17) is 4.42 Å². The molecular weight excluding hydrogens is 372 g/mol. The average molecular weight is 395 g/mol. The minimum Gasteiger partial charge on any atom is -0.410 e. The molecule has 2 heterocycles. The van der Waals surface area contributed by atoms with Crippen LogP contribution in [0.15, 0.2) is 15.7 Å². The lowest BCUT2D eigenvalue weighted by Gasteiger charge is -2.16. The predicted molar refractivity (Wildman–Crippen MR) is 101 cm³/mol. The zero-order valence-electron chi connectivity index (χ0n) is 15.0. The molecule has 7 nitrogen and oxygen atoms in total. The summed E-state index contributed by atoms with van der Waals surface area (Å²) >= 11 is 2.84. The highest BCUT2D eigenvalue weighted by Gasteiger charge is 2.23. The maximum Gasteiger partial charge on any atom is 0.321 e. The SMILES string of the molecule is CCNC(=O)NC(=O)[C@@H](C)Sc1nnc(-c2cc3c(s2)CC[C@H](C)C3)o1. The van der Waals surface area contributed by atoms with Gasteiger partial charge >= 0.3 is 6.03 Å². The van der Waals surface area contributed by atoms with Crippen LogP contribution in [0.3, 0.4) is 0 Å². The van der Waals surface area contributed by atoms with E-state index < -0.39 is 17.2 Å². The van der Waals surface area contributed by atoms with Gasteiger partial charge in [0.25, 0.3) is 11.1 Å². The summed E-state index contributed by atoms with van der Waals surface area (Å²) in [5.41, 5.74) is 1.38. The lowest BCUT2D eigenvalue weighted by molar-refractivity contribution is -0.119. The molecule has 3 amide bonds. The third-order valence-electron chi connectivity index (χ3n) is 4.17. The summed E-state index contributed by atoms with van der Waals surface area (Å²) in [6.45, 7) is 6.20. The second-order valence-corrected chi connectivity index (χ2v) is 8.82. The first-order valence-corrected chi connectivity index (χ1v) is 10.4. The van der Waals surface area contributed by atoms with E-state index in [2.05, 4.69) is 33.8 Å². The molecule has 0 aromatic carbocycles. The molecular formula is C17H22N4O3S2. The zero-order chi connectivity index (χ0) is 18.7. The normalized spacial score (nSPS) is 17.4. The van der Waals surface area contributed by atoms with Crippen LogP contribution >= 0.6 is 23.1 Å². The number of amides is 3. The molecule has 0 spiro atoms. The third-order valence-corrected chi connectivity index (χ3v) is 6.33. The largest absolute Gasteiger partial charge is 0.410 e. The van der Waals surface area contributed by atoms with Gasteiger partial charge in [0.2, 0.25) is 5.91 Å². The Bertz CT molecular complexity index is 802. The molecule has 9 heteroatoms. The summed E-state index contributed by atoms with van der Waals surface area (Å²) in [7, 11) is 0. The Morgan fingerprint density at radius 3 is 3.04 bits per heavy atom. The van der Waals surface area contributed by atoms with E-state index in [1.54, 1.807) is 25.2 Å². The van der Waals surface area contributed by atoms with E-state index in [0.29, 0.717) is 23.6 Å². The number of thiophene rings is 1. The Kier molecular flexibility index (Phi) is 5.98. The van der Waals surface area contributed by atoms with Crippen molar-refractivity contribution < 1.29 is 14.0 Å². The Hall–Kier alpha value is -1.87. The molecule has 2 atom stereocenters. The van der Waals surface area contributed by atoms with Crippen LogP contribution in [0.25, 0.3) is 10.8 Å². The molecule has 0 saturated heterocycles. The van der Waals surface area contributed by atoms with E-state index in [-0.39, 0.29) is 0 Å². The van der Waals surface area contributed by atoms with Gasteiger partial charge < -0.3 is 9.73 Å². The fourth-order valence-electron chi connectivity index (χ4n) is 2.79.